The summed E-state index contributed by atoms with van der Waals surface area (Å²) >= 11 is 0. The van der Waals surface area contributed by atoms with Crippen molar-refractivity contribution >= 4 is 11.9 Å². The van der Waals surface area contributed by atoms with E-state index in [-0.39, 0.29) is 32.0 Å². The Morgan fingerprint density at radius 3 is 1.39 bits per heavy atom. The zero-order chi connectivity index (χ0) is 40.9. The third kappa shape index (κ3) is 28.8. The van der Waals surface area contributed by atoms with Crippen LogP contribution in [-0.2, 0) is 28.5 Å². The molecule has 0 saturated carbocycles. The first kappa shape index (κ1) is 52.5. The quantitative estimate of drug-likeness (QED) is 0.0269. The molecule has 10 heteroatoms. The molecule has 0 spiro atoms. The molecule has 0 aromatic heterocycles. The Morgan fingerprint density at radius 2 is 0.946 bits per heavy atom. The van der Waals surface area contributed by atoms with Crippen LogP contribution < -0.4 is 0 Å². The lowest BCUT2D eigenvalue weighted by Crippen LogP contribution is -2.59. The molecule has 0 amide bonds. The van der Waals surface area contributed by atoms with Gasteiger partial charge in [-0.05, 0) is 38.5 Å². The maximum absolute atomic E-state index is 12.8. The lowest BCUT2D eigenvalue weighted by Gasteiger charge is -2.39. The highest BCUT2D eigenvalue weighted by Crippen LogP contribution is 2.23. The standard InChI is InChI=1S/C46H86O10/c1-3-5-7-9-11-13-15-17-18-19-20-21-22-23-25-27-29-31-33-35-42(49)55-39(38-54-46-45(52)44(51)43(50)40(36-47)56-46)37-53-41(48)34-32-30-28-26-24-16-14-12-10-8-6-4-2/h17-18,39-40,43-47,50-52H,3-16,19-38H2,1-2H3/b18-17-. The molecule has 56 heavy (non-hydrogen) atoms. The van der Waals surface area contributed by atoms with E-state index in [1.807, 2.05) is 0 Å². The smallest absolute Gasteiger partial charge is 0.306 e. The second-order valence-corrected chi connectivity index (χ2v) is 16.2. The van der Waals surface area contributed by atoms with E-state index in [2.05, 4.69) is 26.0 Å². The largest absolute Gasteiger partial charge is 0.462 e. The SMILES string of the molecule is CCCCCCCC/C=C\CCCCCCCCCCCC(=O)OC(COC(=O)CCCCCCCCCCCCCC)COC1OC(CO)C(O)C(O)C1O. The van der Waals surface area contributed by atoms with Gasteiger partial charge in [0.1, 0.15) is 31.0 Å². The van der Waals surface area contributed by atoms with Crippen molar-refractivity contribution in [3.63, 3.8) is 0 Å². The molecule has 0 aliphatic carbocycles. The Kier molecular flexibility index (Phi) is 35.3. The number of allylic oxidation sites excluding steroid dienone is 2. The van der Waals surface area contributed by atoms with Crippen LogP contribution >= 0.6 is 0 Å². The molecule has 1 saturated heterocycles. The fourth-order valence-electron chi connectivity index (χ4n) is 7.18. The van der Waals surface area contributed by atoms with Crippen LogP contribution in [0.2, 0.25) is 0 Å². The van der Waals surface area contributed by atoms with Crippen molar-refractivity contribution in [1.29, 1.82) is 0 Å². The third-order valence-electron chi connectivity index (χ3n) is 10.9. The van der Waals surface area contributed by atoms with Gasteiger partial charge in [-0.2, -0.15) is 0 Å². The van der Waals surface area contributed by atoms with Gasteiger partial charge in [0.25, 0.3) is 0 Å². The lowest BCUT2D eigenvalue weighted by molar-refractivity contribution is -0.305. The summed E-state index contributed by atoms with van der Waals surface area (Å²) in [6.07, 6.45) is 32.2. The average molecular weight is 799 g/mol. The fourth-order valence-corrected chi connectivity index (χ4v) is 7.18. The zero-order valence-corrected chi connectivity index (χ0v) is 35.9. The number of rotatable bonds is 39. The molecule has 1 fully saturated rings. The number of unbranched alkanes of at least 4 members (excludes halogenated alkanes) is 26. The van der Waals surface area contributed by atoms with Crippen molar-refractivity contribution in [3.05, 3.63) is 12.2 Å². The van der Waals surface area contributed by atoms with Crippen LogP contribution in [0, 0.1) is 0 Å². The summed E-state index contributed by atoms with van der Waals surface area (Å²) in [5, 5.41) is 40.1. The Bertz CT molecular complexity index is 928. The van der Waals surface area contributed by atoms with E-state index < -0.39 is 49.4 Å². The van der Waals surface area contributed by atoms with E-state index in [4.69, 9.17) is 18.9 Å². The molecule has 1 aliphatic rings. The van der Waals surface area contributed by atoms with Crippen LogP contribution in [0.3, 0.4) is 0 Å². The predicted octanol–water partition coefficient (Wildman–Crippen LogP) is 9.95. The van der Waals surface area contributed by atoms with Crippen LogP contribution in [0.25, 0.3) is 0 Å². The van der Waals surface area contributed by atoms with Gasteiger partial charge in [0.05, 0.1) is 13.2 Å². The van der Waals surface area contributed by atoms with Crippen LogP contribution in [0.4, 0.5) is 0 Å². The summed E-state index contributed by atoms with van der Waals surface area (Å²) in [7, 11) is 0. The monoisotopic (exact) mass is 799 g/mol. The van der Waals surface area contributed by atoms with E-state index >= 15 is 0 Å². The van der Waals surface area contributed by atoms with Gasteiger partial charge in [0.15, 0.2) is 12.4 Å². The van der Waals surface area contributed by atoms with Crippen molar-refractivity contribution in [1.82, 2.24) is 0 Å². The van der Waals surface area contributed by atoms with Gasteiger partial charge in [0, 0.05) is 12.8 Å². The first-order chi connectivity index (χ1) is 27.3. The first-order valence-corrected chi connectivity index (χ1v) is 23.3. The Balaban J connectivity index is 2.29. The molecule has 1 heterocycles. The molecule has 330 valence electrons. The number of aliphatic hydroxyl groups is 4. The molecule has 1 rings (SSSR count). The number of esters is 2. The van der Waals surface area contributed by atoms with Crippen LogP contribution in [0.15, 0.2) is 12.2 Å². The zero-order valence-electron chi connectivity index (χ0n) is 35.9. The van der Waals surface area contributed by atoms with E-state index in [9.17, 15) is 30.0 Å². The van der Waals surface area contributed by atoms with Crippen molar-refractivity contribution in [3.8, 4) is 0 Å². The molecule has 0 aromatic rings. The highest BCUT2D eigenvalue weighted by atomic mass is 16.7. The summed E-state index contributed by atoms with van der Waals surface area (Å²) in [5.41, 5.74) is 0. The molecule has 1 aliphatic heterocycles. The molecule has 0 radical (unpaired) electrons. The maximum atomic E-state index is 12.8. The molecule has 6 atom stereocenters. The van der Waals surface area contributed by atoms with Crippen molar-refractivity contribution < 1.29 is 49.0 Å². The second kappa shape index (κ2) is 37.7. The third-order valence-corrected chi connectivity index (χ3v) is 10.9. The average Bonchev–Trinajstić information content (AvgIpc) is 3.19. The Hall–Kier alpha value is -1.56. The van der Waals surface area contributed by atoms with Crippen LogP contribution in [-0.4, -0.2) is 89.0 Å². The van der Waals surface area contributed by atoms with Crippen LogP contribution in [0.5, 0.6) is 0 Å². The summed E-state index contributed by atoms with van der Waals surface area (Å²) in [6, 6.07) is 0. The van der Waals surface area contributed by atoms with Gasteiger partial charge in [-0.25, -0.2) is 0 Å². The minimum atomic E-state index is -1.59. The number of hydrogen-bond donors (Lipinski definition) is 4. The summed E-state index contributed by atoms with van der Waals surface area (Å²) in [6.45, 7) is 3.43. The number of carbonyl (C=O) groups is 2. The van der Waals surface area contributed by atoms with Gasteiger partial charge >= 0.3 is 11.9 Å². The van der Waals surface area contributed by atoms with Crippen molar-refractivity contribution in [2.24, 2.45) is 0 Å². The van der Waals surface area contributed by atoms with E-state index in [1.54, 1.807) is 0 Å². The number of hydrogen-bond acceptors (Lipinski definition) is 10. The van der Waals surface area contributed by atoms with Gasteiger partial charge in [0.2, 0.25) is 0 Å². The van der Waals surface area contributed by atoms with Gasteiger partial charge < -0.3 is 39.4 Å². The molecule has 4 N–H and O–H groups in total. The molecule has 10 nitrogen and oxygen atoms in total. The number of ether oxygens (including phenoxy) is 4. The van der Waals surface area contributed by atoms with E-state index in [1.165, 1.54) is 141 Å². The predicted molar refractivity (Wildman–Crippen MR) is 224 cm³/mol. The van der Waals surface area contributed by atoms with Gasteiger partial charge in [-0.15, -0.1) is 0 Å². The molecule has 0 aromatic carbocycles. The Labute approximate surface area is 341 Å². The highest BCUT2D eigenvalue weighted by molar-refractivity contribution is 5.70. The minimum absolute atomic E-state index is 0.213. The first-order valence-electron chi connectivity index (χ1n) is 23.3. The fraction of sp³-hybridized carbons (Fsp3) is 0.913. The summed E-state index contributed by atoms with van der Waals surface area (Å²) in [5.74, 6) is -0.799. The van der Waals surface area contributed by atoms with Crippen molar-refractivity contribution in [2.45, 2.75) is 250 Å². The van der Waals surface area contributed by atoms with E-state index in [0.29, 0.717) is 6.42 Å². The van der Waals surface area contributed by atoms with Crippen LogP contribution in [0.1, 0.15) is 213 Å². The summed E-state index contributed by atoms with van der Waals surface area (Å²) in [4.78, 5) is 25.3. The molecular weight excluding hydrogens is 712 g/mol. The number of carbonyl (C=O) groups excluding carboxylic acids is 2. The second-order valence-electron chi connectivity index (χ2n) is 16.2. The maximum Gasteiger partial charge on any atom is 0.306 e. The van der Waals surface area contributed by atoms with Gasteiger partial charge in [-0.3, -0.25) is 9.59 Å². The minimum Gasteiger partial charge on any atom is -0.462 e. The molecule has 6 unspecified atom stereocenters. The topological polar surface area (TPSA) is 152 Å². The highest BCUT2D eigenvalue weighted by Gasteiger charge is 2.44. The molecule has 0 bridgehead atoms. The van der Waals surface area contributed by atoms with E-state index in [0.717, 1.165) is 38.5 Å². The van der Waals surface area contributed by atoms with Crippen molar-refractivity contribution in [2.75, 3.05) is 19.8 Å². The molecular formula is C46H86O10. The van der Waals surface area contributed by atoms with Gasteiger partial charge in [-0.1, -0.05) is 174 Å². The normalized spacial score (nSPS) is 20.4. The Morgan fingerprint density at radius 1 is 0.536 bits per heavy atom. The lowest BCUT2D eigenvalue weighted by atomic mass is 9.99. The summed E-state index contributed by atoms with van der Waals surface area (Å²) < 4.78 is 22.2. The number of aliphatic hydroxyl groups excluding tert-OH is 4.